The molecule has 12 bridgehead atoms. The van der Waals surface area contributed by atoms with Gasteiger partial charge in [0.15, 0.2) is 46.2 Å². The van der Waals surface area contributed by atoms with Crippen molar-refractivity contribution in [3.8, 4) is 34.5 Å². The Kier molecular flexibility index (Phi) is 8.48. The molecule has 0 aliphatic heterocycles. The van der Waals surface area contributed by atoms with E-state index in [4.69, 9.17) is 31.4 Å². The highest BCUT2D eigenvalue weighted by Gasteiger charge is 2.62. The van der Waals surface area contributed by atoms with Crippen LogP contribution < -0.4 is 31.4 Å². The van der Waals surface area contributed by atoms with Gasteiger partial charge in [-0.05, 0) is 205 Å². The molecule has 0 heterocycles. The number of rotatable bonds is 9. The van der Waals surface area contributed by atoms with Gasteiger partial charge in [0.05, 0.1) is 0 Å². The first-order valence-corrected chi connectivity index (χ1v) is 24.3. The molecule has 16 rings (SSSR count). The summed E-state index contributed by atoms with van der Waals surface area (Å²) in [5.74, 6) is 5.10. The van der Waals surface area contributed by atoms with E-state index in [1.165, 1.54) is 81.5 Å². The molecule has 63 heavy (non-hydrogen) atoms. The normalized spacial score (nSPS) is 37.5. The van der Waals surface area contributed by atoms with Gasteiger partial charge in [0.1, 0.15) is 5.75 Å². The van der Waals surface area contributed by atoms with Crippen molar-refractivity contribution in [2.75, 3.05) is 17.2 Å². The third-order valence-corrected chi connectivity index (χ3v) is 18.6. The van der Waals surface area contributed by atoms with Gasteiger partial charge in [-0.15, -0.1) is 0 Å². The fraction of sp³-hybridized carbons (Fsp3) is 0.556. The van der Waals surface area contributed by atoms with Crippen molar-refractivity contribution in [2.24, 2.45) is 53.3 Å². The molecule has 330 valence electrons. The molecule has 6 nitrogen and oxygen atoms in total. The van der Waals surface area contributed by atoms with Crippen LogP contribution in [0.4, 0.5) is 30.2 Å². The van der Waals surface area contributed by atoms with E-state index < -0.39 is 22.9 Å². The zero-order valence-corrected chi connectivity index (χ0v) is 36.2. The number of halogens is 3. The molecule has 0 radical (unpaired) electrons. The summed E-state index contributed by atoms with van der Waals surface area (Å²) in [7, 11) is 0. The summed E-state index contributed by atoms with van der Waals surface area (Å²) in [5, 5.41) is 0. The third-order valence-electron chi connectivity index (χ3n) is 18.6. The number of benzene rings is 4. The Labute approximate surface area is 368 Å². The number of nitrogens with two attached hydrogens (primary N) is 3. The molecule has 12 saturated carbocycles. The summed E-state index contributed by atoms with van der Waals surface area (Å²) in [4.78, 5) is 0. The Morgan fingerprint density at radius 1 is 0.349 bits per heavy atom. The Morgan fingerprint density at radius 3 is 0.873 bits per heavy atom. The molecule has 6 N–H and O–H groups in total. The summed E-state index contributed by atoms with van der Waals surface area (Å²) in [6, 6.07) is 13.9. The maximum absolute atomic E-state index is 16.6. The van der Waals surface area contributed by atoms with Crippen molar-refractivity contribution in [3.05, 3.63) is 88.7 Å². The van der Waals surface area contributed by atoms with E-state index in [1.54, 1.807) is 36.4 Å². The lowest BCUT2D eigenvalue weighted by Gasteiger charge is -2.62. The number of anilines is 3. The van der Waals surface area contributed by atoms with Gasteiger partial charge in [-0.3, -0.25) is 0 Å². The van der Waals surface area contributed by atoms with Gasteiger partial charge in [0.2, 0.25) is 0 Å². The average molecular weight is 856 g/mol. The van der Waals surface area contributed by atoms with Crippen LogP contribution in [-0.4, -0.2) is 0 Å². The van der Waals surface area contributed by atoms with Crippen LogP contribution in [-0.2, 0) is 16.2 Å². The Hall–Kier alpha value is -4.53. The van der Waals surface area contributed by atoms with Crippen LogP contribution in [0.1, 0.15) is 132 Å². The minimum atomic E-state index is -0.593. The molecule has 0 unspecified atom stereocenters. The Morgan fingerprint density at radius 2 is 0.587 bits per heavy atom. The van der Waals surface area contributed by atoms with Gasteiger partial charge in [-0.2, -0.15) is 0 Å². The molecule has 0 amide bonds. The summed E-state index contributed by atoms with van der Waals surface area (Å²) < 4.78 is 71.9. The molecule has 4 aromatic carbocycles. The number of hydrogen-bond donors (Lipinski definition) is 3. The van der Waals surface area contributed by atoms with Gasteiger partial charge in [-0.25, -0.2) is 13.2 Å². The SMILES string of the molecule is Nc1ccc(Oc2c(Oc3ccc(N)cc3F)c(C34CC5CC(CC(C5)C3)C4)c(C34CC5CC(CC(C5)C3)C4)c(Oc3ccc(N)cc3F)c2C23CC4CC(CC(C4)C2)C3)c(F)c1. The predicted molar refractivity (Wildman–Crippen MR) is 239 cm³/mol. The Balaban J connectivity index is 1.19. The number of nitrogen functional groups attached to an aromatic ring is 3. The van der Waals surface area contributed by atoms with Crippen molar-refractivity contribution in [1.29, 1.82) is 0 Å². The maximum Gasteiger partial charge on any atom is 0.177 e. The van der Waals surface area contributed by atoms with Gasteiger partial charge in [0, 0.05) is 68.2 Å². The lowest BCUT2D eigenvalue weighted by molar-refractivity contribution is -0.0205. The van der Waals surface area contributed by atoms with Gasteiger partial charge in [-0.1, -0.05) is 0 Å². The van der Waals surface area contributed by atoms with Crippen molar-refractivity contribution in [3.63, 3.8) is 0 Å². The zero-order chi connectivity index (χ0) is 42.6. The van der Waals surface area contributed by atoms with Crippen LogP contribution in [0.5, 0.6) is 34.5 Å². The number of hydrogen-bond acceptors (Lipinski definition) is 6. The first-order valence-electron chi connectivity index (χ1n) is 24.3. The molecule has 12 aliphatic rings. The van der Waals surface area contributed by atoms with Crippen LogP contribution in [0.25, 0.3) is 0 Å². The highest BCUT2D eigenvalue weighted by molar-refractivity contribution is 5.72. The third kappa shape index (κ3) is 6.16. The molecular weight excluding hydrogens is 796 g/mol. The van der Waals surface area contributed by atoms with Crippen molar-refractivity contribution >= 4 is 17.1 Å². The highest BCUT2D eigenvalue weighted by Crippen LogP contribution is 2.73. The molecule has 12 aliphatic carbocycles. The first kappa shape index (κ1) is 38.9. The smallest absolute Gasteiger partial charge is 0.177 e. The topological polar surface area (TPSA) is 106 Å². The van der Waals surface area contributed by atoms with E-state index in [0.717, 1.165) is 68.9 Å². The van der Waals surface area contributed by atoms with E-state index in [9.17, 15) is 0 Å². The second-order valence-corrected chi connectivity index (χ2v) is 23.1. The molecule has 9 heteroatoms. The molecule has 0 aromatic heterocycles. The van der Waals surface area contributed by atoms with Gasteiger partial charge >= 0.3 is 0 Å². The molecule has 0 spiro atoms. The molecule has 12 fully saturated rings. The summed E-state index contributed by atoms with van der Waals surface area (Å²) in [6.45, 7) is 0. The van der Waals surface area contributed by atoms with Gasteiger partial charge < -0.3 is 31.4 Å². The summed E-state index contributed by atoms with van der Waals surface area (Å²) >= 11 is 0. The standard InChI is InChI=1S/C54H60F3N3O3/c55-40-16-37(58)1-4-43(40)61-49-46(52-19-28-7-29(20-52)9-30(8-28)21-52)47(53-22-31-10-32(23-53)12-33(11-31)24-53)50(62-44-5-2-38(59)17-41(44)56)51(63-45-6-3-39(60)18-42(45)57)48(49)54-25-34-13-35(26-54)15-36(14-34)27-54/h1-6,16-18,28-36H,7-15,19-27,58-60H2. The van der Waals surface area contributed by atoms with E-state index in [-0.39, 0.29) is 33.8 Å². The van der Waals surface area contributed by atoms with Crippen LogP contribution in [0.2, 0.25) is 0 Å². The first-order chi connectivity index (χ1) is 30.4. The van der Waals surface area contributed by atoms with E-state index in [0.29, 0.717) is 81.9 Å². The second-order valence-electron chi connectivity index (χ2n) is 23.1. The fourth-order valence-corrected chi connectivity index (χ4v) is 17.9. The van der Waals surface area contributed by atoms with Crippen LogP contribution in [0.3, 0.4) is 0 Å². The van der Waals surface area contributed by atoms with Crippen LogP contribution in [0, 0.1) is 70.7 Å². The van der Waals surface area contributed by atoms with Crippen LogP contribution >= 0.6 is 0 Å². The quantitative estimate of drug-likeness (QED) is 0.145. The highest BCUT2D eigenvalue weighted by atomic mass is 19.1. The monoisotopic (exact) mass is 855 g/mol. The van der Waals surface area contributed by atoms with Crippen molar-refractivity contribution < 1.29 is 27.4 Å². The summed E-state index contributed by atoms with van der Waals surface area (Å²) in [5.41, 5.74) is 21.6. The van der Waals surface area contributed by atoms with Crippen molar-refractivity contribution in [1.82, 2.24) is 0 Å². The minimum Gasteiger partial charge on any atom is -0.454 e. The maximum atomic E-state index is 16.6. The average Bonchev–Trinajstić information content (AvgIpc) is 3.20. The Bertz CT molecular complexity index is 2450. The predicted octanol–water partition coefficient (Wildman–Crippen LogP) is 13.6. The molecule has 0 saturated heterocycles. The van der Waals surface area contributed by atoms with Gasteiger partial charge in [0.25, 0.3) is 0 Å². The largest absolute Gasteiger partial charge is 0.454 e. The lowest BCUT2D eigenvalue weighted by atomic mass is 9.43. The second kappa shape index (κ2) is 13.7. The zero-order valence-electron chi connectivity index (χ0n) is 36.2. The van der Waals surface area contributed by atoms with E-state index in [2.05, 4.69) is 0 Å². The fourth-order valence-electron chi connectivity index (χ4n) is 17.9. The number of ether oxygens (including phenoxy) is 3. The molecular formula is C54H60F3N3O3. The molecule has 4 aromatic rings. The molecule has 0 atom stereocenters. The van der Waals surface area contributed by atoms with E-state index >= 15 is 13.2 Å². The van der Waals surface area contributed by atoms with E-state index in [1.807, 2.05) is 0 Å². The summed E-state index contributed by atoms with van der Waals surface area (Å²) in [6.07, 6.45) is 19.8. The lowest BCUT2D eigenvalue weighted by Crippen LogP contribution is -2.53. The minimum absolute atomic E-state index is 0.0152. The van der Waals surface area contributed by atoms with Crippen molar-refractivity contribution in [2.45, 2.75) is 132 Å². The van der Waals surface area contributed by atoms with Crippen LogP contribution in [0.15, 0.2) is 54.6 Å².